The van der Waals surface area contributed by atoms with Crippen LogP contribution in [0.5, 0.6) is 0 Å². The molecule has 0 aromatic carbocycles. The quantitative estimate of drug-likeness (QED) is 0.643. The van der Waals surface area contributed by atoms with E-state index in [0.717, 1.165) is 12.0 Å². The lowest BCUT2D eigenvalue weighted by Crippen LogP contribution is -2.44. The number of rotatable bonds is 3. The largest absolute Gasteiger partial charge is 0.393 e. The van der Waals surface area contributed by atoms with Crippen LogP contribution >= 0.6 is 0 Å². The van der Waals surface area contributed by atoms with Crippen molar-refractivity contribution in [2.45, 2.75) is 65.3 Å². The molecule has 3 atom stereocenters. The minimum absolute atomic E-state index is 0.319. The molecule has 3 unspecified atom stereocenters. The van der Waals surface area contributed by atoms with Crippen LogP contribution in [0.1, 0.15) is 47.0 Å². The third-order valence-electron chi connectivity index (χ3n) is 3.72. The van der Waals surface area contributed by atoms with Crippen LogP contribution in [0, 0.1) is 5.41 Å². The number of hydrogen-bond acceptors (Lipinski definition) is 3. The molecular weight excluding hydrogens is 204 g/mol. The van der Waals surface area contributed by atoms with E-state index in [-0.39, 0.29) is 6.10 Å². The first-order chi connectivity index (χ1) is 7.26. The lowest BCUT2D eigenvalue weighted by molar-refractivity contribution is -0.0472. The van der Waals surface area contributed by atoms with Crippen LogP contribution < -0.4 is 0 Å². The molecule has 0 amide bonds. The standard InChI is InChI=1S/C13H24O3/c1-8-7-11(15)12(16)13(3,4)10(8)6-5-9(2)14/h9,11-12,14-16H,5-7H2,1-4H3. The fourth-order valence-electron chi connectivity index (χ4n) is 2.65. The highest BCUT2D eigenvalue weighted by molar-refractivity contribution is 5.26. The molecular formula is C13H24O3. The molecule has 94 valence electrons. The Labute approximate surface area is 97.8 Å². The Morgan fingerprint density at radius 1 is 1.38 bits per heavy atom. The zero-order valence-corrected chi connectivity index (χ0v) is 10.7. The average Bonchev–Trinajstić information content (AvgIpc) is 2.13. The van der Waals surface area contributed by atoms with Gasteiger partial charge in [0.05, 0.1) is 18.3 Å². The van der Waals surface area contributed by atoms with Gasteiger partial charge in [-0.25, -0.2) is 0 Å². The minimum Gasteiger partial charge on any atom is -0.393 e. The topological polar surface area (TPSA) is 60.7 Å². The summed E-state index contributed by atoms with van der Waals surface area (Å²) in [6, 6.07) is 0. The molecule has 0 saturated heterocycles. The van der Waals surface area contributed by atoms with Crippen molar-refractivity contribution >= 4 is 0 Å². The summed E-state index contributed by atoms with van der Waals surface area (Å²) in [5.74, 6) is 0. The molecule has 0 fully saturated rings. The first-order valence-corrected chi connectivity index (χ1v) is 6.00. The maximum absolute atomic E-state index is 10.0. The van der Waals surface area contributed by atoms with E-state index in [1.165, 1.54) is 5.57 Å². The summed E-state index contributed by atoms with van der Waals surface area (Å²) in [5, 5.41) is 29.1. The van der Waals surface area contributed by atoms with E-state index >= 15 is 0 Å². The zero-order chi connectivity index (χ0) is 12.5. The van der Waals surface area contributed by atoms with E-state index in [4.69, 9.17) is 0 Å². The molecule has 0 spiro atoms. The van der Waals surface area contributed by atoms with Gasteiger partial charge in [0.1, 0.15) is 0 Å². The van der Waals surface area contributed by atoms with Crippen molar-refractivity contribution < 1.29 is 15.3 Å². The second-order valence-corrected chi connectivity index (χ2v) is 5.58. The molecule has 1 aliphatic carbocycles. The van der Waals surface area contributed by atoms with E-state index in [9.17, 15) is 15.3 Å². The Kier molecular flexibility index (Phi) is 4.16. The molecule has 0 bridgehead atoms. The molecule has 0 saturated carbocycles. The van der Waals surface area contributed by atoms with Crippen LogP contribution in [0.3, 0.4) is 0 Å². The molecule has 0 heterocycles. The predicted octanol–water partition coefficient (Wildman–Crippen LogP) is 1.62. The van der Waals surface area contributed by atoms with E-state index in [1.807, 2.05) is 20.8 Å². The van der Waals surface area contributed by atoms with Gasteiger partial charge in [0.25, 0.3) is 0 Å². The lowest BCUT2D eigenvalue weighted by atomic mass is 9.68. The van der Waals surface area contributed by atoms with Gasteiger partial charge in [-0.3, -0.25) is 0 Å². The van der Waals surface area contributed by atoms with Gasteiger partial charge in [0.15, 0.2) is 0 Å². The number of aliphatic hydroxyl groups excluding tert-OH is 3. The molecule has 1 aliphatic rings. The van der Waals surface area contributed by atoms with Gasteiger partial charge in [0, 0.05) is 5.41 Å². The fourth-order valence-corrected chi connectivity index (χ4v) is 2.65. The van der Waals surface area contributed by atoms with E-state index in [1.54, 1.807) is 6.92 Å². The molecule has 3 N–H and O–H groups in total. The molecule has 0 radical (unpaired) electrons. The fraction of sp³-hybridized carbons (Fsp3) is 0.846. The van der Waals surface area contributed by atoms with Crippen molar-refractivity contribution in [3.8, 4) is 0 Å². The molecule has 0 aromatic rings. The molecule has 3 heteroatoms. The maximum atomic E-state index is 10.0. The maximum Gasteiger partial charge on any atom is 0.0890 e. The summed E-state index contributed by atoms with van der Waals surface area (Å²) in [5.41, 5.74) is 1.95. The Morgan fingerprint density at radius 3 is 2.44 bits per heavy atom. The second-order valence-electron chi connectivity index (χ2n) is 5.58. The molecule has 1 rings (SSSR count). The zero-order valence-electron chi connectivity index (χ0n) is 10.7. The summed E-state index contributed by atoms with van der Waals surface area (Å²) in [6.07, 6.45) is 0.351. The summed E-state index contributed by atoms with van der Waals surface area (Å²) in [7, 11) is 0. The van der Waals surface area contributed by atoms with Crippen molar-refractivity contribution in [3.05, 3.63) is 11.1 Å². The smallest absolute Gasteiger partial charge is 0.0890 e. The van der Waals surface area contributed by atoms with Gasteiger partial charge in [0.2, 0.25) is 0 Å². The first kappa shape index (κ1) is 13.7. The van der Waals surface area contributed by atoms with Gasteiger partial charge in [-0.2, -0.15) is 0 Å². The monoisotopic (exact) mass is 228 g/mol. The summed E-state index contributed by atoms with van der Waals surface area (Å²) >= 11 is 0. The van der Waals surface area contributed by atoms with Crippen LogP contribution in [0.25, 0.3) is 0 Å². The molecule has 3 nitrogen and oxygen atoms in total. The van der Waals surface area contributed by atoms with Gasteiger partial charge in [-0.15, -0.1) is 0 Å². The van der Waals surface area contributed by atoms with Crippen molar-refractivity contribution in [1.82, 2.24) is 0 Å². The van der Waals surface area contributed by atoms with Crippen molar-refractivity contribution in [1.29, 1.82) is 0 Å². The van der Waals surface area contributed by atoms with Crippen LogP contribution in [-0.4, -0.2) is 33.6 Å². The predicted molar refractivity (Wildman–Crippen MR) is 64.0 cm³/mol. The van der Waals surface area contributed by atoms with E-state index in [2.05, 4.69) is 0 Å². The highest BCUT2D eigenvalue weighted by Crippen LogP contribution is 2.42. The SMILES string of the molecule is CC1=C(CCC(C)O)C(C)(C)C(O)C(O)C1. The van der Waals surface area contributed by atoms with Gasteiger partial charge in [-0.05, 0) is 33.1 Å². The van der Waals surface area contributed by atoms with Gasteiger partial charge in [-0.1, -0.05) is 25.0 Å². The van der Waals surface area contributed by atoms with Crippen LogP contribution in [-0.2, 0) is 0 Å². The Hall–Kier alpha value is -0.380. The third-order valence-corrected chi connectivity index (χ3v) is 3.72. The number of hydrogen-bond donors (Lipinski definition) is 3. The highest BCUT2D eigenvalue weighted by atomic mass is 16.3. The molecule has 0 aromatic heterocycles. The van der Waals surface area contributed by atoms with Gasteiger partial charge >= 0.3 is 0 Å². The van der Waals surface area contributed by atoms with Crippen molar-refractivity contribution in [2.24, 2.45) is 5.41 Å². The van der Waals surface area contributed by atoms with E-state index < -0.39 is 17.6 Å². The van der Waals surface area contributed by atoms with E-state index in [0.29, 0.717) is 12.8 Å². The Balaban J connectivity index is 2.89. The normalized spacial score (nSPS) is 31.7. The van der Waals surface area contributed by atoms with Crippen LogP contribution in [0.15, 0.2) is 11.1 Å². The molecule has 16 heavy (non-hydrogen) atoms. The summed E-state index contributed by atoms with van der Waals surface area (Å²) in [6.45, 7) is 7.70. The lowest BCUT2D eigenvalue weighted by Gasteiger charge is -2.42. The average molecular weight is 228 g/mol. The highest BCUT2D eigenvalue weighted by Gasteiger charge is 2.40. The number of aliphatic hydroxyl groups is 3. The summed E-state index contributed by atoms with van der Waals surface area (Å²) in [4.78, 5) is 0. The Morgan fingerprint density at radius 2 is 1.94 bits per heavy atom. The van der Waals surface area contributed by atoms with Crippen molar-refractivity contribution in [2.75, 3.05) is 0 Å². The Bertz CT molecular complexity index is 279. The van der Waals surface area contributed by atoms with Gasteiger partial charge < -0.3 is 15.3 Å². The second kappa shape index (κ2) is 4.86. The van der Waals surface area contributed by atoms with Crippen LogP contribution in [0.4, 0.5) is 0 Å². The first-order valence-electron chi connectivity index (χ1n) is 6.00. The van der Waals surface area contributed by atoms with Crippen LogP contribution in [0.2, 0.25) is 0 Å². The minimum atomic E-state index is -0.708. The third kappa shape index (κ3) is 2.65. The molecule has 0 aliphatic heterocycles. The van der Waals surface area contributed by atoms with Crippen molar-refractivity contribution in [3.63, 3.8) is 0 Å². The summed E-state index contributed by atoms with van der Waals surface area (Å²) < 4.78 is 0.